The fraction of sp³-hybridized carbons (Fsp3) is 0.388. The Hall–Kier alpha value is -3.90. The SMILES string of the molecule is CC(C)(C)C1C=CC2=C1CC=C2.CC(C)(C)C1C=Cc2ccccc21.CC(C)(C)c1ccc2ccccc2c1.CC(C)(C)c1ccccc1. The third-order valence-electron chi connectivity index (χ3n) is 9.77. The average molecular weight is 651 g/mol. The van der Waals surface area contributed by atoms with Crippen molar-refractivity contribution in [1.29, 1.82) is 0 Å². The van der Waals surface area contributed by atoms with Crippen LogP contribution >= 0.6 is 0 Å². The van der Waals surface area contributed by atoms with Crippen molar-refractivity contribution in [2.24, 2.45) is 16.7 Å². The molecule has 2 atom stereocenters. The Morgan fingerprint density at radius 1 is 0.469 bits per heavy atom. The first-order valence-electron chi connectivity index (χ1n) is 18.3. The molecule has 258 valence electrons. The second-order valence-electron chi connectivity index (χ2n) is 18.0. The number of hydrogen-bond donors (Lipinski definition) is 0. The summed E-state index contributed by atoms with van der Waals surface area (Å²) in [5.74, 6) is 1.26. The quantitative estimate of drug-likeness (QED) is 0.178. The molecule has 2 unspecified atom stereocenters. The van der Waals surface area contributed by atoms with E-state index in [0.717, 1.165) is 0 Å². The third kappa shape index (κ3) is 10.3. The molecule has 49 heavy (non-hydrogen) atoms. The van der Waals surface area contributed by atoms with E-state index in [1.807, 2.05) is 0 Å². The van der Waals surface area contributed by atoms with E-state index < -0.39 is 0 Å². The van der Waals surface area contributed by atoms with E-state index in [2.05, 4.69) is 217 Å². The predicted molar refractivity (Wildman–Crippen MR) is 218 cm³/mol. The van der Waals surface area contributed by atoms with Crippen molar-refractivity contribution in [3.8, 4) is 0 Å². The Morgan fingerprint density at radius 2 is 1.02 bits per heavy atom. The van der Waals surface area contributed by atoms with Crippen LogP contribution in [0.15, 0.2) is 139 Å². The van der Waals surface area contributed by atoms with Gasteiger partial charge in [0.05, 0.1) is 0 Å². The zero-order chi connectivity index (χ0) is 36.0. The molecule has 0 radical (unpaired) electrons. The lowest BCUT2D eigenvalue weighted by atomic mass is 9.77. The summed E-state index contributed by atoms with van der Waals surface area (Å²) in [6.07, 6.45) is 14.9. The van der Waals surface area contributed by atoms with Crippen molar-refractivity contribution in [3.05, 3.63) is 161 Å². The molecule has 4 aromatic rings. The lowest BCUT2D eigenvalue weighted by molar-refractivity contribution is 0.331. The van der Waals surface area contributed by atoms with Crippen LogP contribution in [0.25, 0.3) is 16.8 Å². The largest absolute Gasteiger partial charge is 0.0798 e. The third-order valence-corrected chi connectivity index (χ3v) is 9.77. The molecule has 0 saturated heterocycles. The maximum absolute atomic E-state index is 2.36. The normalized spacial score (nSPS) is 17.8. The first-order valence-corrected chi connectivity index (χ1v) is 18.3. The van der Waals surface area contributed by atoms with Gasteiger partial charge in [0.1, 0.15) is 0 Å². The van der Waals surface area contributed by atoms with E-state index in [1.54, 1.807) is 5.57 Å². The van der Waals surface area contributed by atoms with Gasteiger partial charge in [0.2, 0.25) is 0 Å². The van der Waals surface area contributed by atoms with Crippen LogP contribution in [-0.2, 0) is 10.8 Å². The van der Waals surface area contributed by atoms with Crippen LogP contribution in [0.4, 0.5) is 0 Å². The number of hydrogen-bond acceptors (Lipinski definition) is 0. The molecular formula is C49H62. The standard InChI is InChI=1S/C14H16.C13H16.C12H16.C10H14/c1-14(2,3)13-9-8-11-6-4-5-7-12(11)10-13;1-13(2,3)12-9-8-10-6-4-5-7-11(10)12;1-12(2,3)11-8-7-9-5-4-6-10(9)11;1-10(2,3)9-7-5-4-6-8-9/h4-10H,1-3H3;4-9,12H,1-3H3;4-5,7-8,11H,6H2,1-3H3;4-8H,1-3H3. The summed E-state index contributed by atoms with van der Waals surface area (Å²) in [6, 6.07) is 34.4. The van der Waals surface area contributed by atoms with E-state index in [-0.39, 0.29) is 5.41 Å². The molecule has 0 aliphatic heterocycles. The van der Waals surface area contributed by atoms with Crippen molar-refractivity contribution in [2.45, 2.75) is 106 Å². The minimum atomic E-state index is 0.240. The Kier molecular flexibility index (Phi) is 11.9. The van der Waals surface area contributed by atoms with Crippen LogP contribution in [-0.4, -0.2) is 0 Å². The highest BCUT2D eigenvalue weighted by molar-refractivity contribution is 5.83. The highest BCUT2D eigenvalue weighted by Gasteiger charge is 2.31. The lowest BCUT2D eigenvalue weighted by Gasteiger charge is -2.27. The zero-order valence-electron chi connectivity index (χ0n) is 32.6. The lowest BCUT2D eigenvalue weighted by Crippen LogP contribution is -2.18. The Morgan fingerprint density at radius 3 is 1.61 bits per heavy atom. The van der Waals surface area contributed by atoms with Gasteiger partial charge >= 0.3 is 0 Å². The van der Waals surface area contributed by atoms with Gasteiger partial charge in [-0.3, -0.25) is 0 Å². The number of allylic oxidation sites excluding steroid dienone is 7. The molecule has 0 N–H and O–H groups in total. The molecule has 4 aromatic carbocycles. The number of benzene rings is 4. The zero-order valence-corrected chi connectivity index (χ0v) is 32.6. The van der Waals surface area contributed by atoms with Crippen LogP contribution in [0.5, 0.6) is 0 Å². The van der Waals surface area contributed by atoms with Gasteiger partial charge in [0.15, 0.2) is 0 Å². The molecule has 0 heterocycles. The fourth-order valence-electron chi connectivity index (χ4n) is 6.73. The molecule has 0 nitrogen and oxygen atoms in total. The van der Waals surface area contributed by atoms with Gasteiger partial charge in [0.25, 0.3) is 0 Å². The highest BCUT2D eigenvalue weighted by Crippen LogP contribution is 2.43. The van der Waals surface area contributed by atoms with Gasteiger partial charge in [-0.2, -0.15) is 0 Å². The summed E-state index contributed by atoms with van der Waals surface area (Å²) < 4.78 is 0. The van der Waals surface area contributed by atoms with E-state index in [1.165, 1.54) is 45.0 Å². The van der Waals surface area contributed by atoms with Crippen LogP contribution in [0.3, 0.4) is 0 Å². The van der Waals surface area contributed by atoms with Gasteiger partial charge in [0, 0.05) is 11.8 Å². The van der Waals surface area contributed by atoms with E-state index in [0.29, 0.717) is 28.1 Å². The second kappa shape index (κ2) is 15.3. The van der Waals surface area contributed by atoms with Gasteiger partial charge in [-0.05, 0) is 66.7 Å². The molecule has 0 amide bonds. The molecule has 7 rings (SSSR count). The van der Waals surface area contributed by atoms with Gasteiger partial charge < -0.3 is 0 Å². The smallest absolute Gasteiger partial charge is 0.00758 e. The van der Waals surface area contributed by atoms with Crippen molar-refractivity contribution in [2.75, 3.05) is 0 Å². The molecule has 0 spiro atoms. The number of fused-ring (bicyclic) bond motifs is 2. The van der Waals surface area contributed by atoms with E-state index >= 15 is 0 Å². The van der Waals surface area contributed by atoms with Crippen molar-refractivity contribution < 1.29 is 0 Å². The number of rotatable bonds is 0. The maximum Gasteiger partial charge on any atom is 0.00758 e. The van der Waals surface area contributed by atoms with Crippen molar-refractivity contribution in [1.82, 2.24) is 0 Å². The molecular weight excluding hydrogens is 589 g/mol. The molecule has 0 heteroatoms. The van der Waals surface area contributed by atoms with Crippen LogP contribution in [0, 0.1) is 16.7 Å². The highest BCUT2D eigenvalue weighted by atomic mass is 14.3. The summed E-state index contributed by atoms with van der Waals surface area (Å²) in [7, 11) is 0. The Bertz CT molecular complexity index is 1790. The fourth-order valence-corrected chi connectivity index (χ4v) is 6.73. The van der Waals surface area contributed by atoms with Crippen molar-refractivity contribution in [3.63, 3.8) is 0 Å². The first-order chi connectivity index (χ1) is 22.9. The van der Waals surface area contributed by atoms with Crippen LogP contribution in [0.2, 0.25) is 0 Å². The summed E-state index contributed by atoms with van der Waals surface area (Å²) in [4.78, 5) is 0. The molecule has 0 aromatic heterocycles. The monoisotopic (exact) mass is 650 g/mol. The average Bonchev–Trinajstić information content (AvgIpc) is 3.77. The maximum atomic E-state index is 2.36. The first kappa shape index (κ1) is 37.9. The summed E-state index contributed by atoms with van der Waals surface area (Å²) in [6.45, 7) is 27.2. The summed E-state index contributed by atoms with van der Waals surface area (Å²) >= 11 is 0. The topological polar surface area (TPSA) is 0 Å². The Labute approximate surface area is 299 Å². The summed E-state index contributed by atoms with van der Waals surface area (Å²) in [5, 5.41) is 2.65. The molecule has 3 aliphatic rings. The van der Waals surface area contributed by atoms with Crippen LogP contribution in [0.1, 0.15) is 118 Å². The van der Waals surface area contributed by atoms with Crippen molar-refractivity contribution >= 4 is 16.8 Å². The van der Waals surface area contributed by atoms with Gasteiger partial charge in [-0.1, -0.05) is 222 Å². The molecule has 0 bridgehead atoms. The minimum absolute atomic E-state index is 0.240. The van der Waals surface area contributed by atoms with E-state index in [4.69, 9.17) is 0 Å². The van der Waals surface area contributed by atoms with Gasteiger partial charge in [-0.25, -0.2) is 0 Å². The van der Waals surface area contributed by atoms with Crippen LogP contribution < -0.4 is 0 Å². The van der Waals surface area contributed by atoms with E-state index in [9.17, 15) is 0 Å². The molecule has 0 fully saturated rings. The predicted octanol–water partition coefficient (Wildman–Crippen LogP) is 14.4. The minimum Gasteiger partial charge on any atom is -0.0798 e. The Balaban J connectivity index is 0.000000148. The molecule has 3 aliphatic carbocycles. The van der Waals surface area contributed by atoms with Gasteiger partial charge in [-0.15, -0.1) is 0 Å². The second-order valence-corrected chi connectivity index (χ2v) is 18.0. The molecule has 0 saturated carbocycles. The summed E-state index contributed by atoms with van der Waals surface area (Å²) in [5.41, 5.74) is 10.0.